The Labute approximate surface area is 121 Å². The highest BCUT2D eigenvalue weighted by Gasteiger charge is 2.10. The van der Waals surface area contributed by atoms with E-state index in [-0.39, 0.29) is 0 Å². The molecular weight excluding hydrogens is 274 g/mol. The number of fused-ring (bicyclic) bond motifs is 1. The maximum absolute atomic E-state index is 7.07. The molecule has 0 aliphatic heterocycles. The number of methoxy groups -OCH3 is 1. The normalized spacial score (nSPS) is 11.8. The van der Waals surface area contributed by atoms with Crippen molar-refractivity contribution in [2.75, 3.05) is 31.3 Å². The molecule has 0 saturated heterocycles. The molecule has 7 heteroatoms. The summed E-state index contributed by atoms with van der Waals surface area (Å²) in [4.78, 5) is 5.18. The first-order valence-corrected chi connectivity index (χ1v) is 6.87. The summed E-state index contributed by atoms with van der Waals surface area (Å²) in [6.07, 6.45) is 2.71. The second kappa shape index (κ2) is 6.36. The summed E-state index contributed by atoms with van der Waals surface area (Å²) in [5.74, 6) is 0.455. The van der Waals surface area contributed by atoms with E-state index < -0.39 is 0 Å². The van der Waals surface area contributed by atoms with Gasteiger partial charge in [0.1, 0.15) is 5.82 Å². The minimum Gasteiger partial charge on any atom is -0.398 e. The Morgan fingerprint density at radius 2 is 2.35 bits per heavy atom. The van der Waals surface area contributed by atoms with Crippen molar-refractivity contribution in [1.82, 2.24) is 4.98 Å². The van der Waals surface area contributed by atoms with Gasteiger partial charge in [0.25, 0.3) is 0 Å². The van der Waals surface area contributed by atoms with Gasteiger partial charge in [0.05, 0.1) is 33.1 Å². The van der Waals surface area contributed by atoms with Crippen molar-refractivity contribution in [3.05, 3.63) is 23.1 Å². The van der Waals surface area contributed by atoms with Crippen LogP contribution in [0.25, 0.3) is 15.9 Å². The molecule has 0 aliphatic rings. The number of thiophene rings is 1. The number of nitrogen functional groups attached to an aromatic ring is 1. The summed E-state index contributed by atoms with van der Waals surface area (Å²) in [5, 5.41) is 10.3. The first-order chi connectivity index (χ1) is 9.65. The summed E-state index contributed by atoms with van der Waals surface area (Å²) < 4.78 is 6.01. The topological polar surface area (TPSA) is 110 Å². The summed E-state index contributed by atoms with van der Waals surface area (Å²) in [5.41, 5.74) is 14.0. The van der Waals surface area contributed by atoms with E-state index in [1.165, 1.54) is 17.6 Å². The van der Waals surface area contributed by atoms with Crippen molar-refractivity contribution in [1.29, 1.82) is 5.41 Å². The van der Waals surface area contributed by atoms with Gasteiger partial charge < -0.3 is 26.9 Å². The number of nitrogens with two attached hydrogens (primary N) is 2. The van der Waals surface area contributed by atoms with Crippen molar-refractivity contribution in [3.63, 3.8) is 0 Å². The standard InChI is InChI=1S/C13H17N5OS/c1-19-5-4-17-9-7-12(16)18-10-6-11(20-13(9)10)8(15)2-3-14/h2-3,6-7,14H,4-5,15H2,1H3,(H3,16,17,18)/b8-2-,14-3?. The van der Waals surface area contributed by atoms with Crippen LogP contribution in [0.4, 0.5) is 11.5 Å². The number of nitrogens with one attached hydrogen (secondary N) is 2. The van der Waals surface area contributed by atoms with Crippen LogP contribution < -0.4 is 16.8 Å². The number of hydrogen-bond donors (Lipinski definition) is 4. The van der Waals surface area contributed by atoms with Gasteiger partial charge in [-0.05, 0) is 12.1 Å². The third-order valence-corrected chi connectivity index (χ3v) is 3.87. The van der Waals surface area contributed by atoms with Crippen LogP contribution in [0.15, 0.2) is 18.2 Å². The summed E-state index contributed by atoms with van der Waals surface area (Å²) >= 11 is 1.52. The van der Waals surface area contributed by atoms with Crippen LogP contribution >= 0.6 is 11.3 Å². The summed E-state index contributed by atoms with van der Waals surface area (Å²) in [6.45, 7) is 1.30. The van der Waals surface area contributed by atoms with Crippen LogP contribution in [-0.2, 0) is 4.74 Å². The quantitative estimate of drug-likeness (QED) is 0.480. The third-order valence-electron chi connectivity index (χ3n) is 2.67. The first kappa shape index (κ1) is 14.3. The summed E-state index contributed by atoms with van der Waals surface area (Å²) in [7, 11) is 1.66. The van der Waals surface area contributed by atoms with Crippen LogP contribution in [0.3, 0.4) is 0 Å². The first-order valence-electron chi connectivity index (χ1n) is 6.05. The Hall–Kier alpha value is -2.12. The molecule has 2 aromatic rings. The van der Waals surface area contributed by atoms with Gasteiger partial charge in [-0.2, -0.15) is 0 Å². The molecule has 0 aliphatic carbocycles. The van der Waals surface area contributed by atoms with E-state index in [4.69, 9.17) is 21.6 Å². The zero-order valence-electron chi connectivity index (χ0n) is 11.1. The number of aromatic nitrogens is 1. The fourth-order valence-electron chi connectivity index (χ4n) is 1.78. The Bertz CT molecular complexity index is 649. The number of ether oxygens (including phenoxy) is 1. The van der Waals surface area contributed by atoms with Gasteiger partial charge >= 0.3 is 0 Å². The fourth-order valence-corrected chi connectivity index (χ4v) is 2.80. The van der Waals surface area contributed by atoms with Crippen molar-refractivity contribution in [3.8, 4) is 0 Å². The molecule has 0 fully saturated rings. The van der Waals surface area contributed by atoms with E-state index in [9.17, 15) is 0 Å². The van der Waals surface area contributed by atoms with E-state index >= 15 is 0 Å². The molecule has 0 aromatic carbocycles. The van der Waals surface area contributed by atoms with Gasteiger partial charge in [-0.1, -0.05) is 0 Å². The molecule has 0 bridgehead atoms. The van der Waals surface area contributed by atoms with Gasteiger partial charge in [0, 0.05) is 25.9 Å². The smallest absolute Gasteiger partial charge is 0.126 e. The van der Waals surface area contributed by atoms with Crippen molar-refractivity contribution >= 4 is 45.0 Å². The molecule has 6 nitrogen and oxygen atoms in total. The Balaban J connectivity index is 2.41. The number of pyridine rings is 1. The minimum atomic E-state index is 0.455. The van der Waals surface area contributed by atoms with E-state index in [0.29, 0.717) is 24.7 Å². The summed E-state index contributed by atoms with van der Waals surface area (Å²) in [6, 6.07) is 3.68. The minimum absolute atomic E-state index is 0.455. The van der Waals surface area contributed by atoms with Crippen LogP contribution in [0.5, 0.6) is 0 Å². The van der Waals surface area contributed by atoms with Crippen molar-refractivity contribution < 1.29 is 4.74 Å². The molecule has 6 N–H and O–H groups in total. The monoisotopic (exact) mass is 291 g/mol. The molecule has 0 amide bonds. The molecule has 0 unspecified atom stereocenters. The SMILES string of the molecule is COCCNc1cc(N)nc2cc(/C(N)=C/C=N)sc12. The van der Waals surface area contributed by atoms with Gasteiger partial charge in [0.2, 0.25) is 0 Å². The maximum atomic E-state index is 7.07. The number of allylic oxidation sites excluding steroid dienone is 1. The highest BCUT2D eigenvalue weighted by Crippen LogP contribution is 2.34. The lowest BCUT2D eigenvalue weighted by Gasteiger charge is -2.07. The molecule has 106 valence electrons. The average molecular weight is 291 g/mol. The number of nitrogens with zero attached hydrogens (tertiary/aromatic N) is 1. The lowest BCUT2D eigenvalue weighted by atomic mass is 10.3. The van der Waals surface area contributed by atoms with E-state index in [1.54, 1.807) is 19.3 Å². The van der Waals surface area contributed by atoms with Crippen molar-refractivity contribution in [2.45, 2.75) is 0 Å². The second-order valence-electron chi connectivity index (χ2n) is 4.13. The van der Waals surface area contributed by atoms with Crippen LogP contribution in [0, 0.1) is 5.41 Å². The molecular formula is C13H17N5OS. The Morgan fingerprint density at radius 3 is 3.05 bits per heavy atom. The lowest BCUT2D eigenvalue weighted by Crippen LogP contribution is -2.08. The largest absolute Gasteiger partial charge is 0.398 e. The molecule has 2 rings (SSSR count). The molecule has 0 radical (unpaired) electrons. The second-order valence-corrected chi connectivity index (χ2v) is 5.18. The number of anilines is 2. The molecule has 2 heterocycles. The van der Waals surface area contributed by atoms with Gasteiger partial charge in [-0.25, -0.2) is 4.98 Å². The average Bonchev–Trinajstić information content (AvgIpc) is 2.83. The van der Waals surface area contributed by atoms with E-state index in [0.717, 1.165) is 20.8 Å². The molecule has 0 atom stereocenters. The lowest BCUT2D eigenvalue weighted by molar-refractivity contribution is 0.211. The molecule has 2 aromatic heterocycles. The molecule has 0 spiro atoms. The highest BCUT2D eigenvalue weighted by molar-refractivity contribution is 7.20. The maximum Gasteiger partial charge on any atom is 0.126 e. The predicted molar refractivity (Wildman–Crippen MR) is 85.3 cm³/mol. The zero-order valence-corrected chi connectivity index (χ0v) is 12.0. The van der Waals surface area contributed by atoms with Gasteiger partial charge in [-0.3, -0.25) is 0 Å². The van der Waals surface area contributed by atoms with E-state index in [1.807, 2.05) is 6.07 Å². The zero-order chi connectivity index (χ0) is 14.5. The Morgan fingerprint density at radius 1 is 1.55 bits per heavy atom. The van der Waals surface area contributed by atoms with Crippen molar-refractivity contribution in [2.24, 2.45) is 5.73 Å². The van der Waals surface area contributed by atoms with Crippen LogP contribution in [0.2, 0.25) is 0 Å². The molecule has 0 saturated carbocycles. The van der Waals surface area contributed by atoms with Gasteiger partial charge in [-0.15, -0.1) is 11.3 Å². The fraction of sp³-hybridized carbons (Fsp3) is 0.231. The third kappa shape index (κ3) is 3.06. The van der Waals surface area contributed by atoms with Crippen LogP contribution in [-0.4, -0.2) is 31.5 Å². The Kier molecular flexibility index (Phi) is 4.54. The van der Waals surface area contributed by atoms with E-state index in [2.05, 4.69) is 10.3 Å². The molecule has 20 heavy (non-hydrogen) atoms. The number of rotatable bonds is 6. The highest BCUT2D eigenvalue weighted by atomic mass is 32.1. The van der Waals surface area contributed by atoms with Gasteiger partial charge in [0.15, 0.2) is 0 Å². The predicted octanol–water partition coefficient (Wildman–Crippen LogP) is 1.89. The van der Waals surface area contributed by atoms with Crippen LogP contribution in [0.1, 0.15) is 4.88 Å². The number of hydrogen-bond acceptors (Lipinski definition) is 7.